The molecule has 0 unspecified atom stereocenters. The smallest absolute Gasteiger partial charge is 0.261 e. The maximum atomic E-state index is 15.0. The lowest BCUT2D eigenvalue weighted by atomic mass is 10.0. The Hall–Kier alpha value is -4.73. The van der Waals surface area contributed by atoms with Gasteiger partial charge in [0, 0.05) is 29.7 Å². The van der Waals surface area contributed by atoms with Crippen molar-refractivity contribution in [3.8, 4) is 16.9 Å². The molecule has 1 aliphatic heterocycles. The topological polar surface area (TPSA) is 105 Å². The Labute approximate surface area is 216 Å². The van der Waals surface area contributed by atoms with Gasteiger partial charge in [-0.15, -0.1) is 0 Å². The second kappa shape index (κ2) is 9.97. The molecule has 2 aromatic carbocycles. The zero-order valence-electron chi connectivity index (χ0n) is 20.4. The monoisotopic (exact) mass is 518 g/mol. The standard InChI is InChI=1S/C28H24F2N4O4/c1-3-22(25-26(31-2)33-15-28(38-25)10-11-28)37-23-9-8-18(12-21(23)30)34-27(36)20-14-32-13-19(24(20)35)16-4-6-17(29)7-5-16/h3-9,12-14,33H,2,10-11,15H2,1H3,(H,32,35)(H,34,36)/b22-3+. The van der Waals surface area contributed by atoms with E-state index in [1.807, 2.05) is 0 Å². The lowest BCUT2D eigenvalue weighted by molar-refractivity contribution is 0.0703. The molecule has 194 valence electrons. The minimum Gasteiger partial charge on any atom is -0.478 e. The van der Waals surface area contributed by atoms with Crippen molar-refractivity contribution in [1.29, 1.82) is 0 Å². The van der Waals surface area contributed by atoms with Gasteiger partial charge in [-0.25, -0.2) is 13.8 Å². The highest BCUT2D eigenvalue weighted by atomic mass is 19.1. The van der Waals surface area contributed by atoms with Crippen LogP contribution in [0.1, 0.15) is 30.1 Å². The first kappa shape index (κ1) is 24.9. The molecule has 0 bridgehead atoms. The van der Waals surface area contributed by atoms with Crippen molar-refractivity contribution in [2.24, 2.45) is 4.99 Å². The number of nitrogens with zero attached hydrogens (tertiary/aromatic N) is 1. The summed E-state index contributed by atoms with van der Waals surface area (Å²) in [5.41, 5.74) is -0.282. The van der Waals surface area contributed by atoms with Gasteiger partial charge >= 0.3 is 0 Å². The molecule has 8 nitrogen and oxygen atoms in total. The molecule has 2 heterocycles. The zero-order valence-corrected chi connectivity index (χ0v) is 20.4. The molecule has 10 heteroatoms. The lowest BCUT2D eigenvalue weighted by Crippen LogP contribution is -2.37. The minimum atomic E-state index is -0.741. The molecule has 0 radical (unpaired) electrons. The van der Waals surface area contributed by atoms with Gasteiger partial charge in [-0.3, -0.25) is 9.59 Å². The number of pyridine rings is 1. The third-order valence-electron chi connectivity index (χ3n) is 6.32. The number of nitrogens with one attached hydrogen (secondary N) is 3. The van der Waals surface area contributed by atoms with Crippen molar-refractivity contribution in [2.45, 2.75) is 25.4 Å². The fraction of sp³-hybridized carbons (Fsp3) is 0.179. The maximum absolute atomic E-state index is 15.0. The number of anilines is 1. The Morgan fingerprint density at radius 2 is 1.95 bits per heavy atom. The number of aromatic amines is 1. The number of hydrogen-bond donors (Lipinski definition) is 3. The number of aromatic nitrogens is 1. The van der Waals surface area contributed by atoms with Crippen LogP contribution in [0.4, 0.5) is 14.5 Å². The van der Waals surface area contributed by atoms with Gasteiger partial charge in [-0.1, -0.05) is 12.1 Å². The van der Waals surface area contributed by atoms with Crippen molar-refractivity contribution >= 4 is 18.3 Å². The fourth-order valence-electron chi connectivity index (χ4n) is 4.05. The summed E-state index contributed by atoms with van der Waals surface area (Å²) in [5.74, 6) is -0.987. The summed E-state index contributed by atoms with van der Waals surface area (Å²) in [6, 6.07) is 9.22. The summed E-state index contributed by atoms with van der Waals surface area (Å²) in [7, 11) is 0. The van der Waals surface area contributed by atoms with Gasteiger partial charge in [-0.2, -0.15) is 0 Å². The van der Waals surface area contributed by atoms with Crippen LogP contribution < -0.4 is 20.8 Å². The highest BCUT2D eigenvalue weighted by Gasteiger charge is 2.49. The maximum Gasteiger partial charge on any atom is 0.261 e. The number of aliphatic imine (C=N–C) groups is 1. The predicted molar refractivity (Wildman–Crippen MR) is 139 cm³/mol. The summed E-state index contributed by atoms with van der Waals surface area (Å²) in [4.78, 5) is 32.5. The van der Waals surface area contributed by atoms with E-state index in [1.54, 1.807) is 13.0 Å². The van der Waals surface area contributed by atoms with Crippen LogP contribution in [-0.4, -0.2) is 29.8 Å². The van der Waals surface area contributed by atoms with Crippen LogP contribution in [0.5, 0.6) is 5.75 Å². The van der Waals surface area contributed by atoms with Crippen molar-refractivity contribution < 1.29 is 23.0 Å². The Morgan fingerprint density at radius 1 is 1.18 bits per heavy atom. The van der Waals surface area contributed by atoms with Crippen LogP contribution in [0.25, 0.3) is 11.1 Å². The molecule has 38 heavy (non-hydrogen) atoms. The number of amides is 1. The minimum absolute atomic E-state index is 0.0952. The molecule has 1 amide bonds. The second-order valence-electron chi connectivity index (χ2n) is 8.95. The molecule has 1 saturated carbocycles. The Kier molecular flexibility index (Phi) is 6.54. The fourth-order valence-corrected chi connectivity index (χ4v) is 4.05. The Bertz CT molecular complexity index is 1540. The molecule has 0 atom stereocenters. The number of hydrogen-bond acceptors (Lipinski definition) is 6. The Morgan fingerprint density at radius 3 is 2.61 bits per heavy atom. The number of halogens is 2. The molecule has 0 saturated heterocycles. The molecule has 3 N–H and O–H groups in total. The van der Waals surface area contributed by atoms with Crippen LogP contribution in [0, 0.1) is 11.6 Å². The van der Waals surface area contributed by atoms with E-state index in [0.29, 0.717) is 23.7 Å². The molecular formula is C28H24F2N4O4. The predicted octanol–water partition coefficient (Wildman–Crippen LogP) is 4.88. The molecule has 5 rings (SSSR count). The molecule has 1 fully saturated rings. The van der Waals surface area contributed by atoms with Gasteiger partial charge in [0.05, 0.1) is 6.54 Å². The number of allylic oxidation sites excluding steroid dienone is 1. The number of benzene rings is 2. The molecule has 2 aliphatic rings. The number of carbonyl (C=O) groups excluding carboxylic acids is 1. The van der Waals surface area contributed by atoms with E-state index < -0.39 is 23.0 Å². The lowest BCUT2D eigenvalue weighted by Gasteiger charge is -2.29. The number of H-pyrrole nitrogens is 1. The normalized spacial score (nSPS) is 15.9. The van der Waals surface area contributed by atoms with E-state index in [0.717, 1.165) is 18.9 Å². The van der Waals surface area contributed by atoms with Gasteiger partial charge in [0.15, 0.2) is 23.1 Å². The van der Waals surface area contributed by atoms with E-state index in [1.165, 1.54) is 48.8 Å². The quantitative estimate of drug-likeness (QED) is 0.306. The summed E-state index contributed by atoms with van der Waals surface area (Å²) >= 11 is 0. The largest absolute Gasteiger partial charge is 0.478 e. The van der Waals surface area contributed by atoms with Crippen LogP contribution in [0.15, 0.2) is 88.1 Å². The number of rotatable bonds is 7. The van der Waals surface area contributed by atoms with E-state index >= 15 is 0 Å². The zero-order chi connectivity index (χ0) is 26.9. The molecule has 3 aromatic rings. The van der Waals surface area contributed by atoms with Gasteiger partial charge < -0.3 is 25.1 Å². The average molecular weight is 519 g/mol. The number of carbonyl (C=O) groups is 1. The summed E-state index contributed by atoms with van der Waals surface area (Å²) in [6.45, 7) is 5.89. The first-order valence-corrected chi connectivity index (χ1v) is 11.9. The van der Waals surface area contributed by atoms with Crippen molar-refractivity contribution in [3.63, 3.8) is 0 Å². The first-order valence-electron chi connectivity index (χ1n) is 11.9. The van der Waals surface area contributed by atoms with E-state index in [9.17, 15) is 18.4 Å². The SMILES string of the molecule is C=NC1=C(/C(=C\C)Oc2ccc(NC(=O)c3c[nH]cc(-c4ccc(F)cc4)c3=O)cc2F)OC2(CC2)CN1. The third kappa shape index (κ3) is 4.93. The van der Waals surface area contributed by atoms with Crippen molar-refractivity contribution in [3.05, 3.63) is 106 Å². The second-order valence-corrected chi connectivity index (χ2v) is 8.95. The van der Waals surface area contributed by atoms with Crippen LogP contribution >= 0.6 is 0 Å². The van der Waals surface area contributed by atoms with Crippen LogP contribution in [0.2, 0.25) is 0 Å². The third-order valence-corrected chi connectivity index (χ3v) is 6.32. The highest BCUT2D eigenvalue weighted by Crippen LogP contribution is 2.45. The van der Waals surface area contributed by atoms with Gasteiger partial charge in [-0.05, 0) is 62.4 Å². The average Bonchev–Trinajstić information content (AvgIpc) is 3.67. The summed E-state index contributed by atoms with van der Waals surface area (Å²) in [6.07, 6.45) is 6.10. The molecule has 1 aromatic heterocycles. The molecule has 1 aliphatic carbocycles. The highest BCUT2D eigenvalue weighted by molar-refractivity contribution is 6.04. The van der Waals surface area contributed by atoms with Crippen molar-refractivity contribution in [2.75, 3.05) is 11.9 Å². The van der Waals surface area contributed by atoms with Gasteiger partial charge in [0.1, 0.15) is 17.0 Å². The van der Waals surface area contributed by atoms with Gasteiger partial charge in [0.2, 0.25) is 11.2 Å². The molecular weight excluding hydrogens is 494 g/mol. The summed E-state index contributed by atoms with van der Waals surface area (Å²) < 4.78 is 40.2. The first-order chi connectivity index (χ1) is 18.3. The Balaban J connectivity index is 1.33. The van der Waals surface area contributed by atoms with E-state index in [2.05, 4.69) is 27.3 Å². The van der Waals surface area contributed by atoms with Gasteiger partial charge in [0.25, 0.3) is 5.91 Å². The van der Waals surface area contributed by atoms with E-state index in [4.69, 9.17) is 9.47 Å². The van der Waals surface area contributed by atoms with Crippen molar-refractivity contribution in [1.82, 2.24) is 10.3 Å². The van der Waals surface area contributed by atoms with Crippen LogP contribution in [-0.2, 0) is 4.74 Å². The van der Waals surface area contributed by atoms with Crippen LogP contribution in [0.3, 0.4) is 0 Å². The summed E-state index contributed by atoms with van der Waals surface area (Å²) in [5, 5.41) is 5.70. The van der Waals surface area contributed by atoms with E-state index in [-0.39, 0.29) is 33.9 Å². The molecule has 1 spiro atoms. The number of ether oxygens (including phenoxy) is 2.